The second-order valence-electron chi connectivity index (χ2n) is 7.15. The van der Waals surface area contributed by atoms with E-state index in [1.807, 2.05) is 13.8 Å². The molecular formula is C21H26N2O5S. The predicted octanol–water partition coefficient (Wildman–Crippen LogP) is 3.15. The zero-order valence-electron chi connectivity index (χ0n) is 17.0. The first-order valence-electron chi connectivity index (χ1n) is 9.22. The van der Waals surface area contributed by atoms with Crippen LogP contribution in [0.5, 0.6) is 5.75 Å². The normalized spacial score (nSPS) is 11.3. The molecule has 2 N–H and O–H groups in total. The molecule has 2 aromatic rings. The molecule has 0 unspecified atom stereocenters. The quantitative estimate of drug-likeness (QED) is 0.609. The average molecular weight is 419 g/mol. The standard InChI is InChI=1S/C21H26N2O5S/c1-14(2)12-22-29(26,27)19-8-9-20(15(3)10-19)28-13-21(25)23-18-7-5-6-17(11-18)16(4)24/h5-11,14,22H,12-13H2,1-4H3,(H,23,25). The van der Waals surface area contributed by atoms with Crippen LogP contribution in [-0.2, 0) is 14.8 Å². The highest BCUT2D eigenvalue weighted by Crippen LogP contribution is 2.22. The average Bonchev–Trinajstić information content (AvgIpc) is 2.65. The van der Waals surface area contributed by atoms with Crippen LogP contribution < -0.4 is 14.8 Å². The number of anilines is 1. The maximum atomic E-state index is 12.3. The van der Waals surface area contributed by atoms with E-state index >= 15 is 0 Å². The van der Waals surface area contributed by atoms with E-state index in [-0.39, 0.29) is 29.1 Å². The molecule has 156 valence electrons. The Hall–Kier alpha value is -2.71. The van der Waals surface area contributed by atoms with Crippen LogP contribution in [0.25, 0.3) is 0 Å². The molecule has 0 saturated carbocycles. The minimum atomic E-state index is -3.59. The summed E-state index contributed by atoms with van der Waals surface area (Å²) in [7, 11) is -3.59. The topological polar surface area (TPSA) is 102 Å². The van der Waals surface area contributed by atoms with Crippen molar-refractivity contribution >= 4 is 27.4 Å². The Morgan fingerprint density at radius 1 is 1.10 bits per heavy atom. The number of hydrogen-bond donors (Lipinski definition) is 2. The largest absolute Gasteiger partial charge is 0.483 e. The van der Waals surface area contributed by atoms with Crippen LogP contribution in [0.15, 0.2) is 47.4 Å². The van der Waals surface area contributed by atoms with Gasteiger partial charge in [0.1, 0.15) is 5.75 Å². The summed E-state index contributed by atoms with van der Waals surface area (Å²) in [5.74, 6) is 0.134. The van der Waals surface area contributed by atoms with Gasteiger partial charge < -0.3 is 10.1 Å². The molecule has 2 aromatic carbocycles. The van der Waals surface area contributed by atoms with Crippen LogP contribution >= 0.6 is 0 Å². The zero-order valence-corrected chi connectivity index (χ0v) is 17.8. The highest BCUT2D eigenvalue weighted by Gasteiger charge is 2.16. The van der Waals surface area contributed by atoms with Gasteiger partial charge >= 0.3 is 0 Å². The lowest BCUT2D eigenvalue weighted by Gasteiger charge is -2.13. The van der Waals surface area contributed by atoms with Crippen molar-refractivity contribution in [3.63, 3.8) is 0 Å². The van der Waals surface area contributed by atoms with Gasteiger partial charge in [0, 0.05) is 17.8 Å². The number of benzene rings is 2. The van der Waals surface area contributed by atoms with Crippen molar-refractivity contribution < 1.29 is 22.7 Å². The number of aryl methyl sites for hydroxylation is 1. The Morgan fingerprint density at radius 3 is 2.45 bits per heavy atom. The fraction of sp³-hybridized carbons (Fsp3) is 0.333. The van der Waals surface area contributed by atoms with Gasteiger partial charge in [-0.15, -0.1) is 0 Å². The molecule has 0 atom stereocenters. The van der Waals surface area contributed by atoms with E-state index in [0.717, 1.165) is 0 Å². The Kier molecular flexibility index (Phi) is 7.53. The SMILES string of the molecule is CC(=O)c1cccc(NC(=O)COc2ccc(S(=O)(=O)NCC(C)C)cc2C)c1. The third-order valence-corrected chi connectivity index (χ3v) is 5.47. The van der Waals surface area contributed by atoms with E-state index in [1.54, 1.807) is 31.2 Å². The van der Waals surface area contributed by atoms with Gasteiger partial charge in [0.25, 0.3) is 5.91 Å². The first-order valence-corrected chi connectivity index (χ1v) is 10.7. The number of ether oxygens (including phenoxy) is 1. The first kappa shape index (κ1) is 22.6. The number of ketones is 1. The Morgan fingerprint density at radius 2 is 1.83 bits per heavy atom. The molecular weight excluding hydrogens is 392 g/mol. The predicted molar refractivity (Wildman–Crippen MR) is 112 cm³/mol. The van der Waals surface area contributed by atoms with Crippen LogP contribution in [0.3, 0.4) is 0 Å². The molecule has 1 amide bonds. The maximum absolute atomic E-state index is 12.3. The van der Waals surface area contributed by atoms with Crippen LogP contribution in [0.1, 0.15) is 36.7 Å². The molecule has 0 heterocycles. The molecule has 29 heavy (non-hydrogen) atoms. The summed E-state index contributed by atoms with van der Waals surface area (Å²) in [6.07, 6.45) is 0. The van der Waals surface area contributed by atoms with Gasteiger partial charge in [-0.1, -0.05) is 26.0 Å². The number of carbonyl (C=O) groups is 2. The van der Waals surface area contributed by atoms with Crippen LogP contribution in [0.4, 0.5) is 5.69 Å². The van der Waals surface area contributed by atoms with Gasteiger partial charge in [0.15, 0.2) is 12.4 Å². The molecule has 0 saturated heterocycles. The van der Waals surface area contributed by atoms with Crippen LogP contribution in [0.2, 0.25) is 0 Å². The van der Waals surface area contributed by atoms with Crippen molar-refractivity contribution in [1.82, 2.24) is 4.72 Å². The Balaban J connectivity index is 1.99. The highest BCUT2D eigenvalue weighted by atomic mass is 32.2. The molecule has 8 heteroatoms. The van der Waals surface area contributed by atoms with Crippen molar-refractivity contribution in [2.45, 2.75) is 32.6 Å². The highest BCUT2D eigenvalue weighted by molar-refractivity contribution is 7.89. The number of sulfonamides is 1. The molecule has 0 aromatic heterocycles. The van der Waals surface area contributed by atoms with Gasteiger partial charge in [-0.25, -0.2) is 13.1 Å². The molecule has 2 rings (SSSR count). The molecule has 0 fully saturated rings. The second kappa shape index (κ2) is 9.67. The van der Waals surface area contributed by atoms with Crippen molar-refractivity contribution in [3.05, 3.63) is 53.6 Å². The molecule has 0 aliphatic carbocycles. The summed E-state index contributed by atoms with van der Waals surface area (Å²) in [6, 6.07) is 11.1. The lowest BCUT2D eigenvalue weighted by molar-refractivity contribution is -0.118. The van der Waals surface area contributed by atoms with Crippen molar-refractivity contribution in [1.29, 1.82) is 0 Å². The van der Waals surface area contributed by atoms with Crippen LogP contribution in [-0.4, -0.2) is 33.3 Å². The summed E-state index contributed by atoms with van der Waals surface area (Å²) in [5, 5.41) is 2.67. The van der Waals surface area contributed by atoms with Crippen LogP contribution in [0, 0.1) is 12.8 Å². The Labute approximate surface area is 171 Å². The van der Waals surface area contributed by atoms with Gasteiger partial charge in [-0.3, -0.25) is 9.59 Å². The summed E-state index contributed by atoms with van der Waals surface area (Å²) >= 11 is 0. The minimum absolute atomic E-state index is 0.0918. The third kappa shape index (κ3) is 6.69. The Bertz CT molecular complexity index is 1000. The van der Waals surface area contributed by atoms with E-state index in [2.05, 4.69) is 10.0 Å². The number of rotatable bonds is 9. The lowest BCUT2D eigenvalue weighted by atomic mass is 10.1. The van der Waals surface area contributed by atoms with Crippen molar-refractivity contribution in [2.75, 3.05) is 18.5 Å². The summed E-state index contributed by atoms with van der Waals surface area (Å²) in [4.78, 5) is 23.7. The zero-order chi connectivity index (χ0) is 21.6. The van der Waals surface area contributed by atoms with E-state index in [1.165, 1.54) is 25.1 Å². The van der Waals surface area contributed by atoms with E-state index in [4.69, 9.17) is 4.74 Å². The first-order chi connectivity index (χ1) is 13.6. The van der Waals surface area contributed by atoms with Gasteiger partial charge in [-0.05, 0) is 55.7 Å². The number of Topliss-reactive ketones (excluding diaryl/α,β-unsaturated/α-hetero) is 1. The molecule has 7 nitrogen and oxygen atoms in total. The number of carbonyl (C=O) groups excluding carboxylic acids is 2. The van der Waals surface area contributed by atoms with Crippen molar-refractivity contribution in [2.24, 2.45) is 5.92 Å². The summed E-state index contributed by atoms with van der Waals surface area (Å²) in [5.41, 5.74) is 1.60. The van der Waals surface area contributed by atoms with Crippen molar-refractivity contribution in [3.8, 4) is 5.75 Å². The second-order valence-corrected chi connectivity index (χ2v) is 8.91. The van der Waals surface area contributed by atoms with Gasteiger partial charge in [-0.2, -0.15) is 0 Å². The number of amides is 1. The molecule has 0 aliphatic rings. The van der Waals surface area contributed by atoms with E-state index in [9.17, 15) is 18.0 Å². The molecule has 0 spiro atoms. The molecule has 0 bridgehead atoms. The fourth-order valence-corrected chi connectivity index (χ4v) is 3.77. The molecule has 0 aliphatic heterocycles. The summed E-state index contributed by atoms with van der Waals surface area (Å²) in [6.45, 7) is 7.12. The van der Waals surface area contributed by atoms with E-state index in [0.29, 0.717) is 29.1 Å². The molecule has 0 radical (unpaired) electrons. The summed E-state index contributed by atoms with van der Waals surface area (Å²) < 4.78 is 32.7. The number of nitrogens with one attached hydrogen (secondary N) is 2. The smallest absolute Gasteiger partial charge is 0.262 e. The number of hydrogen-bond acceptors (Lipinski definition) is 5. The van der Waals surface area contributed by atoms with E-state index < -0.39 is 10.0 Å². The lowest BCUT2D eigenvalue weighted by Crippen LogP contribution is -2.27. The van der Waals surface area contributed by atoms with Gasteiger partial charge in [0.2, 0.25) is 10.0 Å². The monoisotopic (exact) mass is 418 g/mol. The van der Waals surface area contributed by atoms with Gasteiger partial charge in [0.05, 0.1) is 4.90 Å². The minimum Gasteiger partial charge on any atom is -0.483 e. The maximum Gasteiger partial charge on any atom is 0.262 e. The fourth-order valence-electron chi connectivity index (χ4n) is 2.47. The third-order valence-electron chi connectivity index (χ3n) is 4.05.